The molecule has 1 aliphatic carbocycles. The lowest BCUT2D eigenvalue weighted by Crippen LogP contribution is -2.40. The molecule has 1 unspecified atom stereocenters. The normalized spacial score (nSPS) is 42.2. The van der Waals surface area contributed by atoms with Gasteiger partial charge in [0.15, 0.2) is 0 Å². The number of hydroxylamine groups is 1. The summed E-state index contributed by atoms with van der Waals surface area (Å²) in [6, 6.07) is 0. The third kappa shape index (κ3) is 1.42. The van der Waals surface area contributed by atoms with E-state index in [9.17, 15) is 13.6 Å². The van der Waals surface area contributed by atoms with Gasteiger partial charge in [-0.05, 0) is 0 Å². The number of carbonyl (C=O) groups excluding carboxylic acids is 1. The highest BCUT2D eigenvalue weighted by Gasteiger charge is 2.87. The number of amides is 1. The fourth-order valence-electron chi connectivity index (χ4n) is 2.52. The number of carbonyl (C=O) groups is 1. The summed E-state index contributed by atoms with van der Waals surface area (Å²) in [7, 11) is 0. The topological polar surface area (TPSA) is 56.8 Å². The maximum Gasteiger partial charge on any atom is 0.271 e. The van der Waals surface area contributed by atoms with Gasteiger partial charge in [-0.3, -0.25) is 9.63 Å². The number of hydrogen-bond acceptors (Lipinski definition) is 4. The van der Waals surface area contributed by atoms with Gasteiger partial charge in [0.1, 0.15) is 11.5 Å². The number of fused-ring (bicyclic) bond motifs is 1. The third-order valence-corrected chi connectivity index (χ3v) is 3.77. The van der Waals surface area contributed by atoms with Crippen LogP contribution in [0.15, 0.2) is 0 Å². The Bertz CT molecular complexity index is 345. The van der Waals surface area contributed by atoms with Gasteiger partial charge in [-0.1, -0.05) is 0 Å². The highest BCUT2D eigenvalue weighted by molar-refractivity contribution is 5.88. The molecular weight excluding hydrogens is 236 g/mol. The van der Waals surface area contributed by atoms with E-state index in [1.165, 1.54) is 0 Å². The molecule has 1 N–H and O–H groups in total. The van der Waals surface area contributed by atoms with E-state index in [4.69, 9.17) is 14.3 Å². The summed E-state index contributed by atoms with van der Waals surface area (Å²) < 4.78 is 36.8. The van der Waals surface area contributed by atoms with E-state index in [0.29, 0.717) is 19.6 Å². The third-order valence-electron chi connectivity index (χ3n) is 3.77. The van der Waals surface area contributed by atoms with Crippen molar-refractivity contribution in [2.45, 2.75) is 18.4 Å². The first-order valence-corrected chi connectivity index (χ1v) is 5.58. The Morgan fingerprint density at radius 1 is 1.35 bits per heavy atom. The van der Waals surface area contributed by atoms with E-state index in [1.54, 1.807) is 0 Å². The number of rotatable bonds is 3. The molecule has 0 aromatic rings. The maximum atomic E-state index is 13.4. The Kier molecular flexibility index (Phi) is 2.39. The number of hydrogen-bond donors (Lipinski definition) is 1. The second kappa shape index (κ2) is 3.60. The molecule has 2 saturated heterocycles. The minimum Gasteiger partial charge on any atom is -0.380 e. The summed E-state index contributed by atoms with van der Waals surface area (Å²) in [6.07, 6.45) is 0.410. The van der Waals surface area contributed by atoms with Gasteiger partial charge >= 0.3 is 0 Å². The monoisotopic (exact) mass is 249 g/mol. The summed E-state index contributed by atoms with van der Waals surface area (Å²) in [4.78, 5) is 16.8. The van der Waals surface area contributed by atoms with Gasteiger partial charge in [-0.2, -0.15) is 0 Å². The zero-order valence-electron chi connectivity index (χ0n) is 9.08. The minimum atomic E-state index is -2.97. The highest BCUT2D eigenvalue weighted by atomic mass is 19.3. The second-order valence-electron chi connectivity index (χ2n) is 4.70. The van der Waals surface area contributed by atoms with E-state index < -0.39 is 23.2 Å². The summed E-state index contributed by atoms with van der Waals surface area (Å²) in [5.74, 6) is -4.75. The van der Waals surface area contributed by atoms with Crippen molar-refractivity contribution >= 4 is 5.91 Å². The van der Waals surface area contributed by atoms with E-state index in [-0.39, 0.29) is 19.3 Å². The lowest BCUT2D eigenvalue weighted by Gasteiger charge is -2.15. The smallest absolute Gasteiger partial charge is 0.271 e. The van der Waals surface area contributed by atoms with Gasteiger partial charge < -0.3 is 9.47 Å². The predicted molar refractivity (Wildman–Crippen MR) is 50.1 cm³/mol. The minimum absolute atomic E-state index is 0.0625. The van der Waals surface area contributed by atoms with Crippen LogP contribution < -0.4 is 5.48 Å². The Morgan fingerprint density at radius 3 is 2.76 bits per heavy atom. The van der Waals surface area contributed by atoms with Gasteiger partial charge in [0.25, 0.3) is 11.8 Å². The number of halogens is 2. The summed E-state index contributed by atoms with van der Waals surface area (Å²) in [6.45, 7) is 0.644. The van der Waals surface area contributed by atoms with E-state index in [1.807, 2.05) is 0 Å². The molecule has 3 rings (SSSR count). The molecule has 17 heavy (non-hydrogen) atoms. The van der Waals surface area contributed by atoms with Crippen LogP contribution in [0, 0.1) is 11.3 Å². The molecular formula is C10H13F2NO4. The highest BCUT2D eigenvalue weighted by Crippen LogP contribution is 2.69. The molecule has 1 amide bonds. The number of alkyl halides is 2. The van der Waals surface area contributed by atoms with E-state index >= 15 is 0 Å². The van der Waals surface area contributed by atoms with Crippen molar-refractivity contribution in [2.75, 3.05) is 26.4 Å². The van der Waals surface area contributed by atoms with Crippen LogP contribution in [0.5, 0.6) is 0 Å². The van der Waals surface area contributed by atoms with Crippen LogP contribution in [0.1, 0.15) is 6.42 Å². The molecule has 2 heterocycles. The van der Waals surface area contributed by atoms with Crippen molar-refractivity contribution in [3.05, 3.63) is 0 Å². The van der Waals surface area contributed by atoms with Crippen LogP contribution in [0.2, 0.25) is 0 Å². The fraction of sp³-hybridized carbons (Fsp3) is 0.900. The summed E-state index contributed by atoms with van der Waals surface area (Å²) in [5.41, 5.74) is 0.423. The van der Waals surface area contributed by atoms with E-state index in [2.05, 4.69) is 5.48 Å². The van der Waals surface area contributed by atoms with Crippen molar-refractivity contribution in [2.24, 2.45) is 11.3 Å². The molecule has 0 bridgehead atoms. The number of ether oxygens (including phenoxy) is 2. The van der Waals surface area contributed by atoms with Crippen molar-refractivity contribution in [1.82, 2.24) is 5.48 Å². The maximum absolute atomic E-state index is 13.4. The molecule has 5 nitrogen and oxygen atoms in total. The zero-order valence-corrected chi connectivity index (χ0v) is 9.08. The summed E-state index contributed by atoms with van der Waals surface area (Å²) in [5, 5.41) is 0. The Balaban J connectivity index is 1.59. The zero-order chi connectivity index (χ0) is 12.1. The molecule has 2 aliphatic heterocycles. The molecule has 96 valence electrons. The standard InChI is InChI=1S/C10H13F2NO4/c11-10(12)7-4-16-5-9(7,10)8(14)13-17-6-1-2-15-3-6/h6-7H,1-5H2,(H,13,14)/t6?,7-,9+/m1/s1. The average molecular weight is 249 g/mol. The van der Waals surface area contributed by atoms with Crippen LogP contribution in [0.25, 0.3) is 0 Å². The predicted octanol–water partition coefficient (Wildman–Crippen LogP) is 0.105. The molecule has 0 aromatic carbocycles. The molecule has 1 saturated carbocycles. The van der Waals surface area contributed by atoms with Gasteiger partial charge in [-0.25, -0.2) is 14.3 Å². The second-order valence-corrected chi connectivity index (χ2v) is 4.70. The van der Waals surface area contributed by atoms with Gasteiger partial charge in [-0.15, -0.1) is 0 Å². The van der Waals surface area contributed by atoms with Crippen LogP contribution >= 0.6 is 0 Å². The first-order valence-electron chi connectivity index (χ1n) is 5.58. The first-order chi connectivity index (χ1) is 8.09. The first kappa shape index (κ1) is 11.3. The van der Waals surface area contributed by atoms with Gasteiger partial charge in [0.2, 0.25) is 0 Å². The lowest BCUT2D eigenvalue weighted by atomic mass is 10.1. The van der Waals surface area contributed by atoms with Gasteiger partial charge in [0, 0.05) is 13.0 Å². The quantitative estimate of drug-likeness (QED) is 0.721. The lowest BCUT2D eigenvalue weighted by molar-refractivity contribution is -0.150. The fourth-order valence-corrected chi connectivity index (χ4v) is 2.52. The SMILES string of the molecule is O=C(NOC1CCOC1)[C@]12COC[C@H]1C2(F)F. The number of nitrogens with one attached hydrogen (secondary N) is 1. The molecule has 3 atom stereocenters. The van der Waals surface area contributed by atoms with Crippen LogP contribution in [-0.4, -0.2) is 44.4 Å². The average Bonchev–Trinajstić information content (AvgIpc) is 2.84. The molecule has 0 radical (unpaired) electrons. The van der Waals surface area contributed by atoms with Crippen LogP contribution in [-0.2, 0) is 19.1 Å². The molecule has 3 aliphatic rings. The summed E-state index contributed by atoms with van der Waals surface area (Å²) >= 11 is 0. The Labute approximate surface area is 96.3 Å². The molecule has 3 fully saturated rings. The van der Waals surface area contributed by atoms with Crippen molar-refractivity contribution in [1.29, 1.82) is 0 Å². The Hall–Kier alpha value is -0.790. The molecule has 0 spiro atoms. The van der Waals surface area contributed by atoms with Crippen LogP contribution in [0.3, 0.4) is 0 Å². The van der Waals surface area contributed by atoms with Gasteiger partial charge in [0.05, 0.1) is 25.7 Å². The van der Waals surface area contributed by atoms with Crippen molar-refractivity contribution in [3.63, 3.8) is 0 Å². The largest absolute Gasteiger partial charge is 0.380 e. The Morgan fingerprint density at radius 2 is 2.18 bits per heavy atom. The van der Waals surface area contributed by atoms with Crippen molar-refractivity contribution < 1.29 is 27.9 Å². The molecule has 7 heteroatoms. The van der Waals surface area contributed by atoms with Crippen molar-refractivity contribution in [3.8, 4) is 0 Å². The van der Waals surface area contributed by atoms with Crippen LogP contribution in [0.4, 0.5) is 8.78 Å². The van der Waals surface area contributed by atoms with E-state index in [0.717, 1.165) is 0 Å². The molecule has 0 aromatic heterocycles.